The van der Waals surface area contributed by atoms with Crippen molar-refractivity contribution < 1.29 is 19.4 Å². The molecule has 3 N–H and O–H groups in total. The number of hydrogen-bond acceptors (Lipinski definition) is 5. The molecular weight excluding hydrogens is 424 g/mol. The Morgan fingerprint density at radius 1 is 1.16 bits per heavy atom. The van der Waals surface area contributed by atoms with Crippen LogP contribution in [0.4, 0.5) is 0 Å². The summed E-state index contributed by atoms with van der Waals surface area (Å²) in [5.41, 5.74) is 1.43. The Kier molecular flexibility index (Phi) is 10.7. The second-order valence-electron chi connectivity index (χ2n) is 8.43. The van der Waals surface area contributed by atoms with Gasteiger partial charge in [0, 0.05) is 35.2 Å². The first-order chi connectivity index (χ1) is 15.3. The summed E-state index contributed by atoms with van der Waals surface area (Å²) >= 11 is 1.86. The van der Waals surface area contributed by atoms with Crippen molar-refractivity contribution >= 4 is 23.6 Å². The third kappa shape index (κ3) is 7.94. The molecular formula is C25H38N2O4S. The van der Waals surface area contributed by atoms with Gasteiger partial charge in [0.05, 0.1) is 18.2 Å². The Hall–Kier alpha value is -1.83. The summed E-state index contributed by atoms with van der Waals surface area (Å²) in [6.07, 6.45) is 4.29. The maximum atomic E-state index is 11.9. The van der Waals surface area contributed by atoms with Gasteiger partial charge in [-0.05, 0) is 49.5 Å². The fourth-order valence-electron chi connectivity index (χ4n) is 3.82. The molecule has 0 saturated heterocycles. The number of carbonyl (C=O) groups is 2. The zero-order chi connectivity index (χ0) is 23.7. The second kappa shape index (κ2) is 13.0. The van der Waals surface area contributed by atoms with Gasteiger partial charge >= 0.3 is 5.97 Å². The highest BCUT2D eigenvalue weighted by Gasteiger charge is 2.37. The molecule has 0 aromatic heterocycles. The van der Waals surface area contributed by atoms with Crippen LogP contribution in [0.5, 0.6) is 0 Å². The normalized spacial score (nSPS) is 21.8. The zero-order valence-electron chi connectivity index (χ0n) is 19.9. The fourth-order valence-corrected chi connectivity index (χ4v) is 4.74. The average molecular weight is 463 g/mol. The average Bonchev–Trinajstić information content (AvgIpc) is 2.77. The van der Waals surface area contributed by atoms with Crippen LogP contribution in [0.1, 0.15) is 65.9 Å². The number of hydrogen-bond donors (Lipinski definition) is 3. The van der Waals surface area contributed by atoms with E-state index in [1.807, 2.05) is 25.6 Å². The molecule has 0 spiro atoms. The van der Waals surface area contributed by atoms with Crippen LogP contribution in [0.3, 0.4) is 0 Å². The van der Waals surface area contributed by atoms with Gasteiger partial charge in [-0.15, -0.1) is 11.8 Å². The van der Waals surface area contributed by atoms with Crippen molar-refractivity contribution in [2.24, 2.45) is 0 Å². The monoisotopic (exact) mass is 462 g/mol. The number of thioether (sulfide) groups is 1. The molecule has 178 valence electrons. The third-order valence-electron chi connectivity index (χ3n) is 5.90. The highest BCUT2D eigenvalue weighted by molar-refractivity contribution is 7.99. The van der Waals surface area contributed by atoms with E-state index in [1.54, 1.807) is 6.08 Å². The van der Waals surface area contributed by atoms with Crippen molar-refractivity contribution in [2.45, 2.75) is 101 Å². The molecule has 1 aliphatic rings. The van der Waals surface area contributed by atoms with Gasteiger partial charge in [0.2, 0.25) is 5.91 Å². The van der Waals surface area contributed by atoms with E-state index in [0.717, 1.165) is 24.8 Å². The quantitative estimate of drug-likeness (QED) is 0.396. The third-order valence-corrected chi connectivity index (χ3v) is 7.18. The number of nitrogens with one attached hydrogen (secondary N) is 2. The van der Waals surface area contributed by atoms with Crippen LogP contribution in [-0.2, 0) is 20.9 Å². The van der Waals surface area contributed by atoms with Crippen LogP contribution in [0.25, 0.3) is 0 Å². The summed E-state index contributed by atoms with van der Waals surface area (Å²) in [5.74, 6) is -1.10. The minimum atomic E-state index is -0.942. The van der Waals surface area contributed by atoms with E-state index < -0.39 is 12.1 Å². The lowest BCUT2D eigenvalue weighted by Crippen LogP contribution is -2.58. The SMILES string of the molecule is CCC(CC)O[C@@H]1C=C(C(=O)O)C[C@H](NCc2ccc(SC(C)CC)cc2)[C@H]1NC(C)=O. The molecule has 0 bridgehead atoms. The van der Waals surface area contributed by atoms with Crippen molar-refractivity contribution in [1.82, 2.24) is 10.6 Å². The van der Waals surface area contributed by atoms with Crippen molar-refractivity contribution in [3.63, 3.8) is 0 Å². The first-order valence-electron chi connectivity index (χ1n) is 11.6. The largest absolute Gasteiger partial charge is 0.478 e. The van der Waals surface area contributed by atoms with E-state index in [1.165, 1.54) is 11.8 Å². The van der Waals surface area contributed by atoms with E-state index in [4.69, 9.17) is 4.74 Å². The summed E-state index contributed by atoms with van der Waals surface area (Å²) in [6.45, 7) is 10.6. The number of amides is 1. The van der Waals surface area contributed by atoms with Gasteiger partial charge in [-0.1, -0.05) is 39.8 Å². The number of carboxylic acid groups (broad SMARTS) is 1. The summed E-state index contributed by atoms with van der Waals surface area (Å²) in [5, 5.41) is 16.7. The van der Waals surface area contributed by atoms with E-state index >= 15 is 0 Å². The first kappa shape index (κ1) is 26.4. The molecule has 2 rings (SSSR count). The molecule has 0 saturated carbocycles. The van der Waals surface area contributed by atoms with Gasteiger partial charge in [-0.25, -0.2) is 4.79 Å². The minimum Gasteiger partial charge on any atom is -0.478 e. The molecule has 1 aromatic carbocycles. The van der Waals surface area contributed by atoms with Crippen LogP contribution in [0.2, 0.25) is 0 Å². The lowest BCUT2D eigenvalue weighted by atomic mass is 9.87. The van der Waals surface area contributed by atoms with Crippen LogP contribution in [-0.4, -0.2) is 46.5 Å². The highest BCUT2D eigenvalue weighted by atomic mass is 32.2. The van der Waals surface area contributed by atoms with E-state index in [0.29, 0.717) is 23.8 Å². The van der Waals surface area contributed by atoms with Crippen molar-refractivity contribution in [2.75, 3.05) is 0 Å². The molecule has 1 aromatic rings. The Balaban J connectivity index is 2.16. The van der Waals surface area contributed by atoms with Gasteiger partial charge in [-0.3, -0.25) is 4.79 Å². The molecule has 4 atom stereocenters. The molecule has 0 fully saturated rings. The van der Waals surface area contributed by atoms with Gasteiger partial charge < -0.3 is 20.5 Å². The summed E-state index contributed by atoms with van der Waals surface area (Å²) in [4.78, 5) is 25.0. The summed E-state index contributed by atoms with van der Waals surface area (Å²) in [7, 11) is 0. The number of aliphatic carboxylic acids is 1. The van der Waals surface area contributed by atoms with Gasteiger partial charge in [0.25, 0.3) is 0 Å². The number of ether oxygens (including phenoxy) is 1. The second-order valence-corrected chi connectivity index (χ2v) is 9.95. The molecule has 0 radical (unpaired) electrons. The highest BCUT2D eigenvalue weighted by Crippen LogP contribution is 2.27. The Bertz CT molecular complexity index is 777. The zero-order valence-corrected chi connectivity index (χ0v) is 20.7. The fraction of sp³-hybridized carbons (Fsp3) is 0.600. The van der Waals surface area contributed by atoms with Gasteiger partial charge in [0.1, 0.15) is 0 Å². The predicted octanol–water partition coefficient (Wildman–Crippen LogP) is 4.53. The first-order valence-corrected chi connectivity index (χ1v) is 12.5. The molecule has 32 heavy (non-hydrogen) atoms. The Morgan fingerprint density at radius 2 is 1.81 bits per heavy atom. The topological polar surface area (TPSA) is 87.7 Å². The van der Waals surface area contributed by atoms with E-state index in [9.17, 15) is 14.7 Å². The smallest absolute Gasteiger partial charge is 0.331 e. The van der Waals surface area contributed by atoms with Crippen LogP contribution < -0.4 is 10.6 Å². The molecule has 1 aliphatic carbocycles. The lowest BCUT2D eigenvalue weighted by molar-refractivity contribution is -0.133. The predicted molar refractivity (Wildman–Crippen MR) is 130 cm³/mol. The molecule has 6 nitrogen and oxygen atoms in total. The standard InChI is InChI=1S/C25H38N2O4S/c1-6-16(4)32-21-11-9-18(10-12-21)15-26-22-13-19(25(29)30)14-23(24(22)27-17(5)28)31-20(7-2)8-3/h9-12,14,16,20,22-24,26H,6-8,13,15H2,1-5H3,(H,27,28)(H,29,30)/t16?,22-,23+,24+/m0/s1. The van der Waals surface area contributed by atoms with Crippen molar-refractivity contribution in [3.8, 4) is 0 Å². The minimum absolute atomic E-state index is 0.0110. The van der Waals surface area contributed by atoms with E-state index in [-0.39, 0.29) is 24.1 Å². The molecule has 1 amide bonds. The van der Waals surface area contributed by atoms with Gasteiger partial charge in [-0.2, -0.15) is 0 Å². The Labute approximate surface area is 196 Å². The Morgan fingerprint density at radius 3 is 2.34 bits per heavy atom. The van der Waals surface area contributed by atoms with Crippen LogP contribution in [0.15, 0.2) is 40.8 Å². The lowest BCUT2D eigenvalue weighted by Gasteiger charge is -2.38. The maximum absolute atomic E-state index is 11.9. The maximum Gasteiger partial charge on any atom is 0.331 e. The van der Waals surface area contributed by atoms with Crippen LogP contribution >= 0.6 is 11.8 Å². The summed E-state index contributed by atoms with van der Waals surface area (Å²) < 4.78 is 6.23. The molecule has 7 heteroatoms. The molecule has 0 aliphatic heterocycles. The molecule has 1 unspecified atom stereocenters. The van der Waals surface area contributed by atoms with E-state index in [2.05, 4.69) is 48.7 Å². The van der Waals surface area contributed by atoms with Crippen molar-refractivity contribution in [3.05, 3.63) is 41.5 Å². The molecule has 0 heterocycles. The van der Waals surface area contributed by atoms with Crippen LogP contribution in [0, 0.1) is 0 Å². The number of rotatable bonds is 12. The van der Waals surface area contributed by atoms with Crippen molar-refractivity contribution in [1.29, 1.82) is 0 Å². The number of benzene rings is 1. The number of carbonyl (C=O) groups excluding carboxylic acids is 1. The summed E-state index contributed by atoms with van der Waals surface area (Å²) in [6, 6.07) is 7.86. The van der Waals surface area contributed by atoms with Gasteiger partial charge in [0.15, 0.2) is 0 Å². The number of carboxylic acids is 1.